The molecule has 0 saturated heterocycles. The van der Waals surface area contributed by atoms with Crippen LogP contribution in [0.2, 0.25) is 0 Å². The van der Waals surface area contributed by atoms with Crippen LogP contribution in [-0.2, 0) is 0 Å². The van der Waals surface area contributed by atoms with Crippen LogP contribution in [0.3, 0.4) is 0 Å². The van der Waals surface area contributed by atoms with Crippen LogP contribution >= 0.6 is 0 Å². The molecule has 4 heavy (non-hydrogen) atoms. The predicted octanol–water partition coefficient (Wildman–Crippen LogP) is -7.06. The van der Waals surface area contributed by atoms with Gasteiger partial charge >= 0.3 is 131 Å². The zero-order valence-corrected chi connectivity index (χ0v) is 12.9. The molecule has 4 heteroatoms. The van der Waals surface area contributed by atoms with E-state index in [1.54, 1.807) is 0 Å². The normalized spacial score (nSPS) is 1.50. The Labute approximate surface area is 130 Å². The van der Waals surface area contributed by atoms with Gasteiger partial charge < -0.3 is 2.85 Å². The predicted molar refractivity (Wildman–Crippen MR) is 16.5 cm³/mol. The Morgan fingerprint density at radius 1 is 1.00 bits per heavy atom. The van der Waals surface area contributed by atoms with Gasteiger partial charge in [0.05, 0.1) is 0 Å². The van der Waals surface area contributed by atoms with E-state index >= 15 is 0 Å². The van der Waals surface area contributed by atoms with Crippen molar-refractivity contribution in [1.82, 2.24) is 0 Å². The fraction of sp³-hybridized carbons (Fsp3) is 0. The Bertz CT molecular complexity index is 9.51. The van der Waals surface area contributed by atoms with E-state index < -0.39 is 0 Å². The molecule has 0 atom stereocenters. The second-order valence-corrected chi connectivity index (χ2v) is 0. The second kappa shape index (κ2) is 15.7. The molecule has 0 aliphatic heterocycles. The molecule has 0 aliphatic rings. The molecule has 0 fully saturated rings. The Kier molecular flexibility index (Phi) is 61.7. The Morgan fingerprint density at radius 2 is 1.00 bits per heavy atom. The molecular formula is H4K2Se2. The molecule has 0 rings (SSSR count). The molecule has 0 bridgehead atoms. The van der Waals surface area contributed by atoms with Crippen molar-refractivity contribution in [3.63, 3.8) is 0 Å². The summed E-state index contributed by atoms with van der Waals surface area (Å²) in [6, 6.07) is 0. The van der Waals surface area contributed by atoms with Gasteiger partial charge in [-0.15, -0.1) is 0 Å². The Hall–Kier alpha value is 4.31. The van der Waals surface area contributed by atoms with Crippen LogP contribution < -0.4 is 103 Å². The zero-order chi connectivity index (χ0) is 2.00. The fourth-order valence-electron chi connectivity index (χ4n) is 0. The molecule has 0 radical (unpaired) electrons. The minimum atomic E-state index is 0. The van der Waals surface area contributed by atoms with E-state index in [0.29, 0.717) is 0 Å². The summed E-state index contributed by atoms with van der Waals surface area (Å²) in [5, 5.41) is 0. The van der Waals surface area contributed by atoms with Gasteiger partial charge in [-0.25, -0.2) is 0 Å². The number of hydrogen-bond donors (Lipinski definition) is 0. The summed E-state index contributed by atoms with van der Waals surface area (Å²) in [4.78, 5) is 0. The van der Waals surface area contributed by atoms with Crippen molar-refractivity contribution in [1.29, 1.82) is 0 Å². The summed E-state index contributed by atoms with van der Waals surface area (Å²) < 4.78 is 0. The molecule has 0 N–H and O–H groups in total. The van der Waals surface area contributed by atoms with Crippen LogP contribution in [0.15, 0.2) is 0 Å². The van der Waals surface area contributed by atoms with Gasteiger partial charge in [0.15, 0.2) is 0 Å². The summed E-state index contributed by atoms with van der Waals surface area (Å²) in [5.74, 6) is 0. The Morgan fingerprint density at radius 3 is 1.00 bits per heavy atom. The summed E-state index contributed by atoms with van der Waals surface area (Å²) in [7, 11) is 0. The third-order valence-electron chi connectivity index (χ3n) is 0. The van der Waals surface area contributed by atoms with Crippen molar-refractivity contribution < 1.29 is 106 Å². The van der Waals surface area contributed by atoms with E-state index in [4.69, 9.17) is 0 Å². The SMILES string of the molecule is [H-].[H-].[K+].[K+].[SeH][SeH]. The molecule has 0 aromatic rings. The van der Waals surface area contributed by atoms with Crippen LogP contribution in [0.5, 0.6) is 0 Å². The van der Waals surface area contributed by atoms with E-state index in [1.807, 2.05) is 0 Å². The number of rotatable bonds is 0. The molecule has 18 valence electrons. The van der Waals surface area contributed by atoms with Crippen molar-refractivity contribution >= 4 is 28.4 Å². The van der Waals surface area contributed by atoms with Gasteiger partial charge in [-0.1, -0.05) is 0 Å². The molecule has 0 nitrogen and oxygen atoms in total. The first kappa shape index (κ1) is 15.7. The van der Waals surface area contributed by atoms with E-state index in [-0.39, 0.29) is 106 Å². The van der Waals surface area contributed by atoms with Gasteiger partial charge in [0.2, 0.25) is 0 Å². The standard InChI is InChI=1S/2K.H2Se2.2H/c;;1-2;;/h;;1-2H;;/q2*+1;;2*-1. The maximum atomic E-state index is 2.25. The van der Waals surface area contributed by atoms with Crippen LogP contribution in [0.25, 0.3) is 0 Å². The van der Waals surface area contributed by atoms with Crippen LogP contribution in [0, 0.1) is 0 Å². The van der Waals surface area contributed by atoms with Crippen LogP contribution in [0.1, 0.15) is 2.85 Å². The summed E-state index contributed by atoms with van der Waals surface area (Å²) in [5.41, 5.74) is 0. The van der Waals surface area contributed by atoms with E-state index in [2.05, 4.69) is 28.4 Å². The molecule has 0 unspecified atom stereocenters. The first-order valence-electron chi connectivity index (χ1n) is 0.200. The third-order valence-corrected chi connectivity index (χ3v) is 0. The van der Waals surface area contributed by atoms with E-state index in [9.17, 15) is 0 Å². The van der Waals surface area contributed by atoms with Crippen LogP contribution in [-0.4, -0.2) is 28.4 Å². The van der Waals surface area contributed by atoms with Crippen molar-refractivity contribution in [2.75, 3.05) is 0 Å². The van der Waals surface area contributed by atoms with Gasteiger partial charge in [0, 0.05) is 0 Å². The quantitative estimate of drug-likeness (QED) is 0.369. The maximum absolute atomic E-state index is 2.25. The third kappa shape index (κ3) is 9.58. The van der Waals surface area contributed by atoms with Gasteiger partial charge in [0.1, 0.15) is 0 Å². The molecule has 0 aromatic carbocycles. The van der Waals surface area contributed by atoms with Crippen LogP contribution in [0.4, 0.5) is 0 Å². The topological polar surface area (TPSA) is 0 Å². The average Bonchev–Trinajstić information content (AvgIpc) is 1.00. The second-order valence-electron chi connectivity index (χ2n) is 0. The van der Waals surface area contributed by atoms with Crippen molar-refractivity contribution in [3.8, 4) is 0 Å². The number of hydrogen-bond acceptors (Lipinski definition) is 0. The Balaban J connectivity index is -0.000000000833. The van der Waals surface area contributed by atoms with E-state index in [0.717, 1.165) is 0 Å². The van der Waals surface area contributed by atoms with Crippen molar-refractivity contribution in [3.05, 3.63) is 0 Å². The average molecular weight is 240 g/mol. The summed E-state index contributed by atoms with van der Waals surface area (Å²) in [6.45, 7) is 0. The molecule has 0 heterocycles. The monoisotopic (exact) mass is 242 g/mol. The summed E-state index contributed by atoms with van der Waals surface area (Å²) in [6.07, 6.45) is 0. The van der Waals surface area contributed by atoms with Gasteiger partial charge in [-0.05, 0) is 0 Å². The van der Waals surface area contributed by atoms with E-state index in [1.165, 1.54) is 0 Å². The first-order chi connectivity index (χ1) is 1.00. The van der Waals surface area contributed by atoms with Gasteiger partial charge in [0.25, 0.3) is 0 Å². The zero-order valence-electron chi connectivity index (χ0n) is 4.89. The summed E-state index contributed by atoms with van der Waals surface area (Å²) >= 11 is 4.50. The molecular weight excluding hydrogens is 236 g/mol. The first-order valence-corrected chi connectivity index (χ1v) is 5.40. The van der Waals surface area contributed by atoms with Gasteiger partial charge in [-0.3, -0.25) is 0 Å². The minimum absolute atomic E-state index is 0. The molecule has 0 aliphatic carbocycles. The molecule has 0 amide bonds. The molecule has 0 spiro atoms. The van der Waals surface area contributed by atoms with Crippen molar-refractivity contribution in [2.45, 2.75) is 0 Å². The van der Waals surface area contributed by atoms with Crippen molar-refractivity contribution in [2.24, 2.45) is 0 Å². The molecule has 0 saturated carbocycles. The fourth-order valence-corrected chi connectivity index (χ4v) is 0. The van der Waals surface area contributed by atoms with Gasteiger partial charge in [-0.2, -0.15) is 0 Å². The molecule has 0 aromatic heterocycles.